The van der Waals surface area contributed by atoms with Crippen LogP contribution in [0.1, 0.15) is 12.8 Å². The van der Waals surface area contributed by atoms with Crippen molar-refractivity contribution in [1.29, 1.82) is 0 Å². The zero-order valence-corrected chi connectivity index (χ0v) is 29.6. The van der Waals surface area contributed by atoms with Crippen molar-refractivity contribution in [1.82, 2.24) is 60.7 Å². The van der Waals surface area contributed by atoms with Gasteiger partial charge in [-0.05, 0) is 61.4 Å². The molecule has 4 N–H and O–H groups in total. The highest BCUT2D eigenvalue weighted by atomic mass is 16.6. The molecular weight excluding hydrogens is 740 g/mol. The highest BCUT2D eigenvalue weighted by molar-refractivity contribution is 6.05. The summed E-state index contributed by atoms with van der Waals surface area (Å²) in [5.41, 5.74) is 8.69. The first-order chi connectivity index (χ1) is 27.7. The van der Waals surface area contributed by atoms with Crippen LogP contribution in [0, 0.1) is 0 Å². The fourth-order valence-electron chi connectivity index (χ4n) is 4.14. The number of carbonyl (C=O) groups is 4. The third kappa shape index (κ3) is 13.3. The van der Waals surface area contributed by atoms with Crippen LogP contribution < -0.4 is 11.1 Å². The number of aromatic nitrogens is 12. The summed E-state index contributed by atoms with van der Waals surface area (Å²) in [6.07, 6.45) is 12.6. The van der Waals surface area contributed by atoms with E-state index in [1.54, 1.807) is 60.9 Å². The molecular formula is C36H30N14O7. The lowest BCUT2D eigenvalue weighted by Gasteiger charge is -2.03. The summed E-state index contributed by atoms with van der Waals surface area (Å²) in [6, 6.07) is 17.4. The number of nitrogens with zero attached hydrogens (tertiary/aromatic N) is 12. The Bertz CT molecular complexity index is 2270. The Hall–Kier alpha value is -8.20. The number of carbonyl (C=O) groups excluding carboxylic acids is 3. The molecule has 0 atom stereocenters. The minimum Gasteiger partial charge on any atom is -0.478 e. The Balaban J connectivity index is 0.000000172. The van der Waals surface area contributed by atoms with Crippen LogP contribution in [-0.2, 0) is 28.7 Å². The van der Waals surface area contributed by atoms with E-state index in [4.69, 9.17) is 15.6 Å². The molecule has 0 unspecified atom stereocenters. The maximum atomic E-state index is 11.5. The molecule has 2 aliphatic rings. The molecule has 21 heteroatoms. The lowest BCUT2D eigenvalue weighted by molar-refractivity contribution is -0.150. The molecule has 1 amide bonds. The van der Waals surface area contributed by atoms with Crippen molar-refractivity contribution in [3.8, 4) is 46.1 Å². The number of esters is 2. The van der Waals surface area contributed by atoms with Crippen molar-refractivity contribution < 1.29 is 33.8 Å². The molecule has 21 nitrogen and oxygen atoms in total. The summed E-state index contributed by atoms with van der Waals surface area (Å²) < 4.78 is 8.92. The van der Waals surface area contributed by atoms with Gasteiger partial charge in [-0.1, -0.05) is 12.1 Å². The number of pyridine rings is 4. The molecule has 8 heterocycles. The summed E-state index contributed by atoms with van der Waals surface area (Å²) in [4.78, 5) is 58.2. The van der Waals surface area contributed by atoms with Crippen LogP contribution in [0.4, 0.5) is 11.4 Å². The highest BCUT2D eigenvalue weighted by Gasteiger charge is 2.11. The fraction of sp³-hybridized carbons (Fsp3) is 0.111. The van der Waals surface area contributed by atoms with Crippen molar-refractivity contribution in [3.05, 3.63) is 110 Å². The number of carboxylic acid groups (broad SMARTS) is 1. The molecule has 0 saturated carbocycles. The van der Waals surface area contributed by atoms with Crippen LogP contribution in [0.3, 0.4) is 0 Å². The van der Waals surface area contributed by atoms with Gasteiger partial charge >= 0.3 is 17.9 Å². The van der Waals surface area contributed by atoms with Crippen molar-refractivity contribution in [2.75, 3.05) is 24.3 Å². The average molecular weight is 771 g/mol. The zero-order chi connectivity index (χ0) is 40.2. The second-order valence-corrected chi connectivity index (χ2v) is 11.0. The lowest BCUT2D eigenvalue weighted by atomic mass is 10.3. The van der Waals surface area contributed by atoms with Gasteiger partial charge in [-0.3, -0.25) is 24.7 Å². The number of hydrogen-bond acceptors (Lipinski definition) is 19. The van der Waals surface area contributed by atoms with Gasteiger partial charge in [-0.25, -0.2) is 14.4 Å². The third-order valence-corrected chi connectivity index (χ3v) is 6.78. The fourth-order valence-corrected chi connectivity index (χ4v) is 4.14. The van der Waals surface area contributed by atoms with E-state index in [-0.39, 0.29) is 5.82 Å². The number of aliphatic carboxylic acids is 1. The van der Waals surface area contributed by atoms with Gasteiger partial charge in [0.1, 0.15) is 22.8 Å². The predicted octanol–water partition coefficient (Wildman–Crippen LogP) is 2.37. The van der Waals surface area contributed by atoms with E-state index in [9.17, 15) is 19.2 Å². The van der Waals surface area contributed by atoms with Gasteiger partial charge in [0.25, 0.3) is 0 Å². The van der Waals surface area contributed by atoms with E-state index in [1.807, 2.05) is 12.1 Å². The first-order valence-electron chi connectivity index (χ1n) is 16.6. The largest absolute Gasteiger partial charge is 0.478 e. The summed E-state index contributed by atoms with van der Waals surface area (Å²) in [7, 11) is 0. The van der Waals surface area contributed by atoms with Crippen LogP contribution >= 0.6 is 0 Å². The van der Waals surface area contributed by atoms with E-state index in [1.165, 1.54) is 25.2 Å². The monoisotopic (exact) mass is 770 g/mol. The summed E-state index contributed by atoms with van der Waals surface area (Å²) in [5.74, 6) is -1.72. The van der Waals surface area contributed by atoms with Crippen LogP contribution in [0.2, 0.25) is 0 Å². The van der Waals surface area contributed by atoms with Crippen molar-refractivity contribution in [2.24, 2.45) is 0 Å². The van der Waals surface area contributed by atoms with Gasteiger partial charge < -0.3 is 25.6 Å². The van der Waals surface area contributed by atoms with E-state index >= 15 is 0 Å². The molecule has 286 valence electrons. The van der Waals surface area contributed by atoms with Crippen LogP contribution in [0.5, 0.6) is 0 Å². The quantitative estimate of drug-likeness (QED) is 0.119. The normalized spacial score (nSPS) is 12.6. The Morgan fingerprint density at radius 3 is 1.42 bits per heavy atom. The van der Waals surface area contributed by atoms with Gasteiger partial charge in [-0.15, -0.1) is 40.8 Å². The van der Waals surface area contributed by atoms with Crippen LogP contribution in [0.25, 0.3) is 46.1 Å². The number of anilines is 2. The molecule has 1 fully saturated rings. The number of carboxylic acids is 1. The number of nitrogen functional groups attached to an aromatic ring is 1. The standard InChI is InChI=1S/C16H11N7O3.C12H9N7.C4H2O3.C4H8O/c24-13(6-7-14(25)26)19-10-4-5-12(18-9-10)16-22-20-15(21-23-16)11-3-1-2-8-17-11;13-8-4-5-10(15-7-8)12-18-16-11(17-19-12)9-3-1-2-6-14-9;5-3-1-2-4(6)7-3;1-2-4-5-3-1/h1-9H,(H,19,24)(H,25,26);1-7H,13H2;1-2H;1-4H2/b7-6-;;;. The van der Waals surface area contributed by atoms with Gasteiger partial charge in [0, 0.05) is 49.9 Å². The maximum Gasteiger partial charge on any atom is 0.338 e. The number of hydrogen-bond donors (Lipinski definition) is 3. The van der Waals surface area contributed by atoms with Crippen LogP contribution in [0.15, 0.2) is 110 Å². The second kappa shape index (κ2) is 20.9. The minimum atomic E-state index is -1.21. The Kier molecular flexibility index (Phi) is 14.7. The number of ether oxygens (including phenoxy) is 2. The molecule has 0 spiro atoms. The third-order valence-electron chi connectivity index (χ3n) is 6.78. The maximum absolute atomic E-state index is 11.5. The number of rotatable bonds is 7. The Morgan fingerprint density at radius 1 is 0.614 bits per heavy atom. The predicted molar refractivity (Wildman–Crippen MR) is 198 cm³/mol. The summed E-state index contributed by atoms with van der Waals surface area (Å²) in [6.45, 7) is 2.00. The Labute approximate surface area is 322 Å². The zero-order valence-electron chi connectivity index (χ0n) is 29.6. The number of amides is 1. The Morgan fingerprint density at radius 2 is 1.09 bits per heavy atom. The SMILES string of the molecule is C1CCOC1.Nc1ccc(-c2nnc(-c3ccccn3)nn2)nc1.O=C(O)/C=C\C(=O)Nc1ccc(-c2nnc(-c3ccccn3)nn2)nc1.O=C1C=CC(=O)O1. The second-order valence-electron chi connectivity index (χ2n) is 11.0. The number of nitrogens with two attached hydrogens (primary N) is 1. The van der Waals surface area contributed by atoms with Crippen LogP contribution in [-0.4, -0.2) is 103 Å². The molecule has 6 aromatic rings. The van der Waals surface area contributed by atoms with Gasteiger partial charge in [-0.2, -0.15) is 0 Å². The highest BCUT2D eigenvalue weighted by Crippen LogP contribution is 2.16. The van der Waals surface area contributed by atoms with E-state index < -0.39 is 23.8 Å². The van der Waals surface area contributed by atoms with Gasteiger partial charge in [0.2, 0.25) is 29.2 Å². The van der Waals surface area contributed by atoms with E-state index in [0.29, 0.717) is 51.6 Å². The molecule has 6 aromatic heterocycles. The topological polar surface area (TPSA) is 300 Å². The molecule has 8 rings (SSSR count). The molecule has 0 aromatic carbocycles. The lowest BCUT2D eigenvalue weighted by Crippen LogP contribution is -2.09. The number of nitrogens with one attached hydrogen (secondary N) is 1. The van der Waals surface area contributed by atoms with Gasteiger partial charge in [0.15, 0.2) is 0 Å². The minimum absolute atomic E-state index is 0.216. The first kappa shape index (κ1) is 40.0. The molecule has 0 radical (unpaired) electrons. The van der Waals surface area contributed by atoms with E-state index in [2.05, 4.69) is 70.8 Å². The first-order valence-corrected chi connectivity index (χ1v) is 16.6. The smallest absolute Gasteiger partial charge is 0.338 e. The molecule has 1 saturated heterocycles. The molecule has 0 aliphatic carbocycles. The van der Waals surface area contributed by atoms with Crippen molar-refractivity contribution in [3.63, 3.8) is 0 Å². The summed E-state index contributed by atoms with van der Waals surface area (Å²) >= 11 is 0. The summed E-state index contributed by atoms with van der Waals surface area (Å²) in [5, 5.41) is 42.8. The average Bonchev–Trinajstić information content (AvgIpc) is 3.97. The molecule has 0 bridgehead atoms. The van der Waals surface area contributed by atoms with Crippen molar-refractivity contribution >= 4 is 35.2 Å². The number of cyclic esters (lactones) is 2. The van der Waals surface area contributed by atoms with E-state index in [0.717, 1.165) is 37.5 Å². The van der Waals surface area contributed by atoms with Crippen molar-refractivity contribution in [2.45, 2.75) is 12.8 Å². The molecule has 57 heavy (non-hydrogen) atoms. The molecule has 2 aliphatic heterocycles. The van der Waals surface area contributed by atoms with Gasteiger partial charge in [0.05, 0.1) is 23.8 Å².